The van der Waals surface area contributed by atoms with Crippen molar-refractivity contribution in [1.82, 2.24) is 0 Å². The Kier molecular flexibility index (Phi) is 14.0. The number of carboxylic acid groups (broad SMARTS) is 2. The Labute approximate surface area is 164 Å². The van der Waals surface area contributed by atoms with Gasteiger partial charge in [0.1, 0.15) is 0 Å². The van der Waals surface area contributed by atoms with Crippen LogP contribution in [-0.4, -0.2) is 118 Å². The van der Waals surface area contributed by atoms with E-state index in [1.807, 2.05) is 0 Å². The predicted octanol–water partition coefficient (Wildman–Crippen LogP) is -1.10. The van der Waals surface area contributed by atoms with Gasteiger partial charge in [-0.1, -0.05) is 0 Å². The Morgan fingerprint density at radius 3 is 1.41 bits per heavy atom. The van der Waals surface area contributed by atoms with Gasteiger partial charge in [-0.3, -0.25) is 0 Å². The average molecular weight is 326 g/mol. The molecule has 0 saturated carbocycles. The van der Waals surface area contributed by atoms with Crippen molar-refractivity contribution in [3.63, 3.8) is 0 Å². The van der Waals surface area contributed by atoms with Crippen LogP contribution >= 0.6 is 0 Å². The van der Waals surface area contributed by atoms with Crippen molar-refractivity contribution in [3.8, 4) is 0 Å². The van der Waals surface area contributed by atoms with Gasteiger partial charge in [0.05, 0.1) is 0 Å². The van der Waals surface area contributed by atoms with Crippen molar-refractivity contribution in [2.45, 2.75) is 26.1 Å². The fourth-order valence-electron chi connectivity index (χ4n) is 0.459. The van der Waals surface area contributed by atoms with Crippen molar-refractivity contribution in [2.24, 2.45) is 0 Å². The van der Waals surface area contributed by atoms with E-state index in [1.165, 1.54) is 0 Å². The zero-order valence-corrected chi connectivity index (χ0v) is 14.6. The molecule has 0 aliphatic carbocycles. The largest absolute Gasteiger partial charge is 2.00 e. The summed E-state index contributed by atoms with van der Waals surface area (Å²) in [7, 11) is -4.63. The molecule has 2 N–H and O–H groups in total. The summed E-state index contributed by atoms with van der Waals surface area (Å²) in [6, 6.07) is 0. The van der Waals surface area contributed by atoms with Crippen molar-refractivity contribution in [1.29, 1.82) is 0 Å². The standard InChI is InChI=1S/C6H10O8S.2Ca.4H/c1-3(5(7)8)13-15(11,12)14-4(2)6(9)10;;;;;;/h3-4H,1-2H3,(H,7,8)(H,9,10);;;;;;/q;2*+2;4*-1. The third-order valence-corrected chi connectivity index (χ3v) is 2.27. The minimum atomic E-state index is -4.63. The molecule has 0 aromatic heterocycles. The van der Waals surface area contributed by atoms with Crippen LogP contribution in [0.4, 0.5) is 0 Å². The summed E-state index contributed by atoms with van der Waals surface area (Å²) in [6.07, 6.45) is -3.29. The Morgan fingerprint density at radius 2 is 1.24 bits per heavy atom. The molecule has 96 valence electrons. The van der Waals surface area contributed by atoms with Crippen molar-refractivity contribution in [3.05, 3.63) is 0 Å². The van der Waals surface area contributed by atoms with Gasteiger partial charge < -0.3 is 15.9 Å². The average Bonchev–Trinajstić information content (AvgIpc) is 2.01. The topological polar surface area (TPSA) is 127 Å². The fraction of sp³-hybridized carbons (Fsp3) is 0.667. The summed E-state index contributed by atoms with van der Waals surface area (Å²) < 4.78 is 29.8. The van der Waals surface area contributed by atoms with Crippen molar-refractivity contribution < 1.29 is 42.3 Å². The summed E-state index contributed by atoms with van der Waals surface area (Å²) in [5.74, 6) is -3.02. The normalized spacial score (nSPS) is 13.8. The van der Waals surface area contributed by atoms with Gasteiger partial charge in [-0.2, -0.15) is 8.42 Å². The molecule has 0 radical (unpaired) electrons. The predicted molar refractivity (Wildman–Crippen MR) is 61.2 cm³/mol. The maximum atomic E-state index is 10.9. The molecule has 2 unspecified atom stereocenters. The second kappa shape index (κ2) is 10.2. The van der Waals surface area contributed by atoms with Crippen LogP contribution in [0.5, 0.6) is 0 Å². The first-order valence-electron chi connectivity index (χ1n) is 3.73. The van der Waals surface area contributed by atoms with Crippen LogP contribution in [-0.2, 0) is 28.4 Å². The van der Waals surface area contributed by atoms with Crippen LogP contribution in [0.15, 0.2) is 0 Å². The van der Waals surface area contributed by atoms with Crippen molar-refractivity contribution in [2.75, 3.05) is 0 Å². The van der Waals surface area contributed by atoms with E-state index in [2.05, 4.69) is 8.37 Å². The quantitative estimate of drug-likeness (QED) is 0.589. The number of carboxylic acids is 2. The molecule has 17 heavy (non-hydrogen) atoms. The van der Waals surface area contributed by atoms with Gasteiger partial charge in [-0.05, 0) is 13.8 Å². The molecule has 0 fully saturated rings. The SMILES string of the molecule is CC(OS(=O)(=O)OC(C)C(=O)O)C(=O)O.[Ca+2].[Ca+2].[H-].[H-].[H-].[H-]. The van der Waals surface area contributed by atoms with Crippen LogP contribution in [0.25, 0.3) is 0 Å². The zero-order chi connectivity index (χ0) is 12.2. The summed E-state index contributed by atoms with van der Waals surface area (Å²) in [5.41, 5.74) is 0. The Balaban J connectivity index is -0.0000000653. The molecule has 8 nitrogen and oxygen atoms in total. The Bertz CT molecular complexity index is 340. The monoisotopic (exact) mass is 326 g/mol. The zero-order valence-electron chi connectivity index (χ0n) is 13.3. The van der Waals surface area contributed by atoms with Crippen molar-refractivity contribution >= 4 is 97.8 Å². The van der Waals surface area contributed by atoms with Crippen LogP contribution in [0.2, 0.25) is 0 Å². The number of hydrogen-bond acceptors (Lipinski definition) is 6. The van der Waals surface area contributed by atoms with Gasteiger partial charge in [0.15, 0.2) is 12.2 Å². The third kappa shape index (κ3) is 10.9. The van der Waals surface area contributed by atoms with E-state index >= 15 is 0 Å². The van der Waals surface area contributed by atoms with Crippen LogP contribution in [0.1, 0.15) is 19.6 Å². The molecule has 0 aromatic carbocycles. The molecule has 0 heterocycles. The molecule has 11 heteroatoms. The first kappa shape index (κ1) is 23.4. The fourth-order valence-corrected chi connectivity index (χ4v) is 1.38. The minimum Gasteiger partial charge on any atom is -1.00 e. The van der Waals surface area contributed by atoms with Gasteiger partial charge in [0, 0.05) is 0 Å². The molecule has 0 aliphatic rings. The van der Waals surface area contributed by atoms with E-state index < -0.39 is 34.5 Å². The molecule has 0 bridgehead atoms. The van der Waals surface area contributed by atoms with Gasteiger partial charge in [-0.15, -0.1) is 0 Å². The summed E-state index contributed by atoms with van der Waals surface area (Å²) in [4.78, 5) is 20.5. The molecular weight excluding hydrogens is 312 g/mol. The van der Waals surface area contributed by atoms with E-state index in [0.29, 0.717) is 0 Å². The molecule has 0 amide bonds. The van der Waals surface area contributed by atoms with E-state index in [4.69, 9.17) is 10.2 Å². The summed E-state index contributed by atoms with van der Waals surface area (Å²) in [5, 5.41) is 16.7. The second-order valence-corrected chi connectivity index (χ2v) is 3.76. The molecule has 0 aromatic rings. The second-order valence-electron chi connectivity index (χ2n) is 2.56. The maximum absolute atomic E-state index is 10.9. The Morgan fingerprint density at radius 1 is 1.00 bits per heavy atom. The third-order valence-electron chi connectivity index (χ3n) is 1.22. The van der Waals surface area contributed by atoms with Gasteiger partial charge in [-0.25, -0.2) is 18.0 Å². The van der Waals surface area contributed by atoms with E-state index in [0.717, 1.165) is 13.8 Å². The van der Waals surface area contributed by atoms with Crippen LogP contribution in [0.3, 0.4) is 0 Å². The van der Waals surface area contributed by atoms with E-state index in [-0.39, 0.29) is 81.2 Å². The molecule has 0 saturated heterocycles. The number of aliphatic carboxylic acids is 2. The van der Waals surface area contributed by atoms with Gasteiger partial charge >= 0.3 is 97.8 Å². The molecule has 2 atom stereocenters. The molecular formula is C6H14Ca2O8S. The Hall–Kier alpha value is 1.33. The van der Waals surface area contributed by atoms with E-state index in [1.54, 1.807) is 0 Å². The summed E-state index contributed by atoms with van der Waals surface area (Å²) in [6.45, 7) is 1.93. The van der Waals surface area contributed by atoms with Gasteiger partial charge in [0.25, 0.3) is 0 Å². The first-order chi connectivity index (χ1) is 6.65. The molecule has 0 rings (SSSR count). The van der Waals surface area contributed by atoms with Gasteiger partial charge in [0.2, 0.25) is 0 Å². The number of rotatable bonds is 6. The number of carbonyl (C=O) groups is 2. The number of hydrogen-bond donors (Lipinski definition) is 2. The van der Waals surface area contributed by atoms with E-state index in [9.17, 15) is 18.0 Å². The van der Waals surface area contributed by atoms with Crippen LogP contribution < -0.4 is 0 Å². The summed E-state index contributed by atoms with van der Waals surface area (Å²) >= 11 is 0. The first-order valence-corrected chi connectivity index (χ1v) is 5.06. The van der Waals surface area contributed by atoms with Crippen LogP contribution in [0, 0.1) is 0 Å². The minimum absolute atomic E-state index is 0. The molecule has 0 aliphatic heterocycles. The smallest absolute Gasteiger partial charge is 1.00 e. The molecule has 0 spiro atoms. The maximum Gasteiger partial charge on any atom is 2.00 e.